The molecule has 0 fully saturated rings. The number of carboxylic acid groups (broad SMARTS) is 1. The average Bonchev–Trinajstić information content (AvgIpc) is 3.02. The molecule has 0 aromatic heterocycles. The lowest BCUT2D eigenvalue weighted by molar-refractivity contribution is -0.142. The van der Waals surface area contributed by atoms with Gasteiger partial charge >= 0.3 is 5.97 Å². The number of hydrogen-bond donors (Lipinski definition) is 11. The highest BCUT2D eigenvalue weighted by Crippen LogP contribution is 2.12. The number of aromatic hydroxyl groups is 1. The Labute approximate surface area is 264 Å². The molecule has 1 aromatic rings. The van der Waals surface area contributed by atoms with Gasteiger partial charge in [-0.3, -0.25) is 28.8 Å². The zero-order chi connectivity index (χ0) is 35.0. The van der Waals surface area contributed by atoms with E-state index in [1.165, 1.54) is 24.3 Å². The SMILES string of the molecule is CC[C@H](C)[C@H](NC(=O)CNC(=O)[C@@H](N)CCC(N)=O)C(=O)N[C@@H](CO)C(=O)N[C@@H](CO)C(=O)N[C@@H](Cc1ccc(O)cc1)C(=O)O. The Morgan fingerprint density at radius 2 is 1.33 bits per heavy atom. The summed E-state index contributed by atoms with van der Waals surface area (Å²) in [5.74, 6) is -7.14. The normalized spacial score (nSPS) is 14.7. The van der Waals surface area contributed by atoms with E-state index >= 15 is 0 Å². The van der Waals surface area contributed by atoms with E-state index in [0.29, 0.717) is 12.0 Å². The van der Waals surface area contributed by atoms with E-state index in [1.807, 2.05) is 0 Å². The highest BCUT2D eigenvalue weighted by Gasteiger charge is 2.32. The second-order valence-electron chi connectivity index (χ2n) is 10.5. The molecule has 6 atom stereocenters. The van der Waals surface area contributed by atoms with E-state index in [4.69, 9.17) is 11.5 Å². The van der Waals surface area contributed by atoms with Gasteiger partial charge in [0, 0.05) is 12.8 Å². The maximum Gasteiger partial charge on any atom is 0.326 e. The van der Waals surface area contributed by atoms with Crippen LogP contribution in [0, 0.1) is 5.92 Å². The number of carbonyl (C=O) groups excluding carboxylic acids is 6. The third kappa shape index (κ3) is 13.4. The molecule has 256 valence electrons. The summed E-state index contributed by atoms with van der Waals surface area (Å²) in [4.78, 5) is 85.8. The number of nitrogens with two attached hydrogens (primary N) is 2. The van der Waals surface area contributed by atoms with Gasteiger partial charge in [0.1, 0.15) is 29.9 Å². The number of primary amides is 1. The average molecular weight is 654 g/mol. The van der Waals surface area contributed by atoms with Gasteiger partial charge in [-0.2, -0.15) is 0 Å². The Hall–Kier alpha value is -4.81. The predicted octanol–water partition coefficient (Wildman–Crippen LogP) is -4.30. The minimum atomic E-state index is -1.66. The molecule has 18 heteroatoms. The molecule has 0 aliphatic carbocycles. The highest BCUT2D eigenvalue weighted by molar-refractivity contribution is 5.96. The fraction of sp³-hybridized carbons (Fsp3) is 0.536. The number of aliphatic hydroxyl groups excluding tert-OH is 2. The molecule has 18 nitrogen and oxygen atoms in total. The van der Waals surface area contributed by atoms with Gasteiger partial charge in [0.05, 0.1) is 25.8 Å². The molecule has 0 aliphatic heterocycles. The third-order valence-electron chi connectivity index (χ3n) is 6.90. The van der Waals surface area contributed by atoms with Crippen molar-refractivity contribution in [2.75, 3.05) is 19.8 Å². The van der Waals surface area contributed by atoms with Crippen LogP contribution < -0.4 is 38.1 Å². The summed E-state index contributed by atoms with van der Waals surface area (Å²) in [6, 6.07) is -1.54. The fourth-order valence-electron chi connectivity index (χ4n) is 3.92. The summed E-state index contributed by atoms with van der Waals surface area (Å²) in [7, 11) is 0. The summed E-state index contributed by atoms with van der Waals surface area (Å²) in [6.45, 7) is 0.878. The van der Waals surface area contributed by atoms with E-state index in [2.05, 4.69) is 26.6 Å². The van der Waals surface area contributed by atoms with Crippen molar-refractivity contribution in [2.45, 2.75) is 69.7 Å². The van der Waals surface area contributed by atoms with Crippen molar-refractivity contribution in [1.29, 1.82) is 0 Å². The van der Waals surface area contributed by atoms with Crippen molar-refractivity contribution in [1.82, 2.24) is 26.6 Å². The predicted molar refractivity (Wildman–Crippen MR) is 160 cm³/mol. The number of carbonyl (C=O) groups is 7. The lowest BCUT2D eigenvalue weighted by Gasteiger charge is -2.27. The number of phenols is 1. The van der Waals surface area contributed by atoms with Crippen molar-refractivity contribution < 1.29 is 54.0 Å². The van der Waals surface area contributed by atoms with Crippen molar-refractivity contribution in [2.24, 2.45) is 17.4 Å². The Morgan fingerprint density at radius 1 is 0.804 bits per heavy atom. The van der Waals surface area contributed by atoms with Gasteiger partial charge in [-0.1, -0.05) is 32.4 Å². The number of hydrogen-bond acceptors (Lipinski definition) is 11. The summed E-state index contributed by atoms with van der Waals surface area (Å²) < 4.78 is 0. The number of benzene rings is 1. The molecule has 0 unspecified atom stereocenters. The molecule has 0 heterocycles. The summed E-state index contributed by atoms with van der Waals surface area (Å²) in [6.07, 6.45) is 0.0336. The number of nitrogens with one attached hydrogen (secondary N) is 5. The van der Waals surface area contributed by atoms with Crippen LogP contribution in [0.15, 0.2) is 24.3 Å². The molecule has 46 heavy (non-hydrogen) atoms. The van der Waals surface area contributed by atoms with Crippen LogP contribution >= 0.6 is 0 Å². The van der Waals surface area contributed by atoms with Gasteiger partial charge in [-0.15, -0.1) is 0 Å². The van der Waals surface area contributed by atoms with Crippen molar-refractivity contribution in [3.05, 3.63) is 29.8 Å². The molecule has 0 aliphatic rings. The second kappa shape index (κ2) is 19.6. The topological polar surface area (TPSA) is 313 Å². The minimum Gasteiger partial charge on any atom is -0.508 e. The molecule has 6 amide bonds. The van der Waals surface area contributed by atoms with Crippen LogP contribution in [0.1, 0.15) is 38.7 Å². The smallest absolute Gasteiger partial charge is 0.326 e. The largest absolute Gasteiger partial charge is 0.508 e. The van der Waals surface area contributed by atoms with Gasteiger partial charge < -0.3 is 58.5 Å². The molecule has 1 rings (SSSR count). The van der Waals surface area contributed by atoms with E-state index in [0.717, 1.165) is 0 Å². The van der Waals surface area contributed by atoms with E-state index in [9.17, 15) is 54.0 Å². The van der Waals surface area contributed by atoms with Crippen molar-refractivity contribution in [3.8, 4) is 5.75 Å². The number of carboxylic acids is 1. The number of rotatable bonds is 20. The zero-order valence-corrected chi connectivity index (χ0v) is 25.5. The number of amides is 6. The first-order valence-electron chi connectivity index (χ1n) is 14.4. The van der Waals surface area contributed by atoms with Crippen LogP contribution in [-0.2, 0) is 40.0 Å². The van der Waals surface area contributed by atoms with E-state index in [1.54, 1.807) is 13.8 Å². The lowest BCUT2D eigenvalue weighted by atomic mass is 9.98. The number of aliphatic hydroxyl groups is 2. The highest BCUT2D eigenvalue weighted by atomic mass is 16.4. The van der Waals surface area contributed by atoms with Crippen molar-refractivity contribution in [3.63, 3.8) is 0 Å². The first kappa shape index (κ1) is 39.2. The summed E-state index contributed by atoms with van der Waals surface area (Å²) in [5, 5.41) is 49.8. The molecule has 0 saturated heterocycles. The lowest BCUT2D eigenvalue weighted by Crippen LogP contribution is -2.60. The maximum atomic E-state index is 13.1. The van der Waals surface area contributed by atoms with Gasteiger partial charge in [0.2, 0.25) is 35.4 Å². The van der Waals surface area contributed by atoms with E-state index < -0.39 is 97.3 Å². The monoisotopic (exact) mass is 653 g/mol. The van der Waals surface area contributed by atoms with Gasteiger partial charge in [-0.05, 0) is 30.0 Å². The Morgan fingerprint density at radius 3 is 1.80 bits per heavy atom. The van der Waals surface area contributed by atoms with Crippen LogP contribution in [0.5, 0.6) is 5.75 Å². The van der Waals surface area contributed by atoms with Crippen LogP contribution in [-0.4, -0.2) is 112 Å². The number of phenolic OH excluding ortho intramolecular Hbond substituents is 1. The van der Waals surface area contributed by atoms with Gasteiger partial charge in [0.25, 0.3) is 0 Å². The first-order chi connectivity index (χ1) is 21.6. The minimum absolute atomic E-state index is 0.0377. The second-order valence-corrected chi connectivity index (χ2v) is 10.5. The quantitative estimate of drug-likeness (QED) is 0.0637. The third-order valence-corrected chi connectivity index (χ3v) is 6.90. The molecule has 0 bridgehead atoms. The standard InChI is InChI=1S/C28H43N7O11/c1-3-14(2)23(35-22(40)11-31-24(41)17(29)8-9-21(30)39)27(44)34-20(13-37)26(43)33-19(12-36)25(42)32-18(28(45)46)10-15-4-6-16(38)7-5-15/h4-7,14,17-20,23,36-38H,3,8-13,29H2,1-2H3,(H2,30,39)(H,31,41)(H,32,42)(H,33,43)(H,34,44)(H,35,40)(H,45,46)/t14-,17-,18-,19-,20-,23-/m0/s1. The molecule has 13 N–H and O–H groups in total. The Bertz CT molecular complexity index is 1230. The Balaban J connectivity index is 2.84. The molecule has 0 saturated carbocycles. The molecule has 1 aromatic carbocycles. The van der Waals surface area contributed by atoms with Gasteiger partial charge in [-0.25, -0.2) is 4.79 Å². The molecule has 0 radical (unpaired) electrons. The van der Waals surface area contributed by atoms with Crippen LogP contribution in [0.3, 0.4) is 0 Å². The zero-order valence-electron chi connectivity index (χ0n) is 25.5. The Kier molecular flexibility index (Phi) is 16.7. The molecular weight excluding hydrogens is 610 g/mol. The van der Waals surface area contributed by atoms with Crippen LogP contribution in [0.2, 0.25) is 0 Å². The molecular formula is C28H43N7O11. The fourth-order valence-corrected chi connectivity index (χ4v) is 3.92. The first-order valence-corrected chi connectivity index (χ1v) is 14.4. The maximum absolute atomic E-state index is 13.1. The number of aliphatic carboxylic acids is 1. The van der Waals surface area contributed by atoms with Crippen LogP contribution in [0.4, 0.5) is 0 Å². The van der Waals surface area contributed by atoms with Crippen LogP contribution in [0.25, 0.3) is 0 Å². The van der Waals surface area contributed by atoms with Gasteiger partial charge in [0.15, 0.2) is 0 Å². The summed E-state index contributed by atoms with van der Waals surface area (Å²) in [5.41, 5.74) is 11.1. The molecule has 0 spiro atoms. The van der Waals surface area contributed by atoms with Crippen molar-refractivity contribution >= 4 is 41.4 Å². The van der Waals surface area contributed by atoms with E-state index in [-0.39, 0.29) is 25.0 Å². The summed E-state index contributed by atoms with van der Waals surface area (Å²) >= 11 is 0.